The number of nitro groups is 1. The number of carbonyl (C=O) groups is 1. The maximum absolute atomic E-state index is 11.0. The predicted octanol–water partition coefficient (Wildman–Crippen LogP) is 1.57. The molecule has 1 aliphatic heterocycles. The number of hydrogen-bond acceptors (Lipinski definition) is 5. The second-order valence-corrected chi connectivity index (χ2v) is 4.62. The molecule has 1 aromatic heterocycles. The molecule has 8 nitrogen and oxygen atoms in total. The first-order chi connectivity index (χ1) is 9.52. The number of aromatic nitrogens is 1. The van der Waals surface area contributed by atoms with E-state index in [2.05, 4.69) is 9.88 Å². The molecule has 0 unspecified atom stereocenters. The lowest BCUT2D eigenvalue weighted by atomic mass is 10.1. The molecule has 0 bridgehead atoms. The van der Waals surface area contributed by atoms with Gasteiger partial charge in [-0.1, -0.05) is 6.92 Å². The standard InChI is InChI=1S/C12H16N4O4/c1-2-9-8-14(12(17)18)5-6-15(9)10-3-4-11(13-7-10)16(19)20/h3-4,7,9H,2,5-6,8H2,1H3,(H,17,18)/t9-/m0/s1. The predicted molar refractivity (Wildman–Crippen MR) is 71.9 cm³/mol. The van der Waals surface area contributed by atoms with E-state index >= 15 is 0 Å². The van der Waals surface area contributed by atoms with Gasteiger partial charge in [-0.15, -0.1) is 0 Å². The van der Waals surface area contributed by atoms with Crippen LogP contribution in [0.4, 0.5) is 16.3 Å². The highest BCUT2D eigenvalue weighted by Gasteiger charge is 2.29. The van der Waals surface area contributed by atoms with E-state index < -0.39 is 11.0 Å². The zero-order chi connectivity index (χ0) is 14.7. The smallest absolute Gasteiger partial charge is 0.407 e. The van der Waals surface area contributed by atoms with Crippen LogP contribution in [0.2, 0.25) is 0 Å². The lowest BCUT2D eigenvalue weighted by molar-refractivity contribution is -0.389. The number of piperazine rings is 1. The SMILES string of the molecule is CC[C@H]1CN(C(=O)O)CCN1c1ccc([N+](=O)[O-])nc1. The molecule has 108 valence electrons. The van der Waals surface area contributed by atoms with Crippen molar-refractivity contribution >= 4 is 17.6 Å². The van der Waals surface area contributed by atoms with Crippen molar-refractivity contribution in [2.75, 3.05) is 24.5 Å². The van der Waals surface area contributed by atoms with E-state index in [9.17, 15) is 14.9 Å². The molecular formula is C12H16N4O4. The Kier molecular flexibility index (Phi) is 4.02. The second-order valence-electron chi connectivity index (χ2n) is 4.62. The van der Waals surface area contributed by atoms with Gasteiger partial charge in [-0.2, -0.15) is 0 Å². The summed E-state index contributed by atoms with van der Waals surface area (Å²) in [5.74, 6) is -0.189. The van der Waals surface area contributed by atoms with Crippen LogP contribution in [0.15, 0.2) is 18.3 Å². The van der Waals surface area contributed by atoms with Gasteiger partial charge in [-0.25, -0.2) is 4.79 Å². The van der Waals surface area contributed by atoms with Gasteiger partial charge in [-0.05, 0) is 22.4 Å². The van der Waals surface area contributed by atoms with Crippen molar-refractivity contribution in [1.29, 1.82) is 0 Å². The van der Waals surface area contributed by atoms with Crippen LogP contribution in [0, 0.1) is 10.1 Å². The van der Waals surface area contributed by atoms with Crippen LogP contribution in [-0.4, -0.2) is 51.7 Å². The molecule has 0 aliphatic carbocycles. The lowest BCUT2D eigenvalue weighted by Crippen LogP contribution is -2.54. The Balaban J connectivity index is 2.15. The van der Waals surface area contributed by atoms with Crippen LogP contribution >= 0.6 is 0 Å². The number of anilines is 1. The third-order valence-electron chi connectivity index (χ3n) is 3.48. The topological polar surface area (TPSA) is 99.8 Å². The highest BCUT2D eigenvalue weighted by Crippen LogP contribution is 2.23. The van der Waals surface area contributed by atoms with Gasteiger partial charge >= 0.3 is 11.9 Å². The molecule has 0 spiro atoms. The first-order valence-electron chi connectivity index (χ1n) is 6.38. The summed E-state index contributed by atoms with van der Waals surface area (Å²) in [6.45, 7) is 3.40. The monoisotopic (exact) mass is 280 g/mol. The fourth-order valence-corrected chi connectivity index (χ4v) is 2.37. The molecule has 2 rings (SSSR count). The normalized spacial score (nSPS) is 18.9. The zero-order valence-electron chi connectivity index (χ0n) is 11.1. The first kappa shape index (κ1) is 14.0. The quantitative estimate of drug-likeness (QED) is 0.666. The summed E-state index contributed by atoms with van der Waals surface area (Å²) in [5, 5.41) is 19.6. The summed E-state index contributed by atoms with van der Waals surface area (Å²) in [6.07, 6.45) is 1.35. The minimum absolute atomic E-state index is 0.0584. The Bertz CT molecular complexity index is 505. The second kappa shape index (κ2) is 5.72. The van der Waals surface area contributed by atoms with Gasteiger partial charge < -0.3 is 25.0 Å². The van der Waals surface area contributed by atoms with Gasteiger partial charge in [0.25, 0.3) is 0 Å². The zero-order valence-corrected chi connectivity index (χ0v) is 11.1. The Morgan fingerprint density at radius 3 is 2.80 bits per heavy atom. The van der Waals surface area contributed by atoms with Gasteiger partial charge in [0.15, 0.2) is 6.20 Å². The number of carboxylic acid groups (broad SMARTS) is 1. The van der Waals surface area contributed by atoms with E-state index in [-0.39, 0.29) is 11.9 Å². The molecule has 1 saturated heterocycles. The molecule has 1 amide bonds. The molecule has 0 saturated carbocycles. The van der Waals surface area contributed by atoms with Crippen molar-refractivity contribution in [3.05, 3.63) is 28.4 Å². The summed E-state index contributed by atoms with van der Waals surface area (Å²) in [5.41, 5.74) is 0.785. The molecule has 8 heteroatoms. The number of rotatable bonds is 3. The minimum Gasteiger partial charge on any atom is -0.465 e. The largest absolute Gasteiger partial charge is 0.465 e. The van der Waals surface area contributed by atoms with Gasteiger partial charge in [-0.3, -0.25) is 0 Å². The van der Waals surface area contributed by atoms with Crippen molar-refractivity contribution in [2.24, 2.45) is 0 Å². The third kappa shape index (κ3) is 2.79. The van der Waals surface area contributed by atoms with E-state index in [4.69, 9.17) is 5.11 Å². The number of pyridine rings is 1. The third-order valence-corrected chi connectivity index (χ3v) is 3.48. The van der Waals surface area contributed by atoms with Crippen LogP contribution in [0.1, 0.15) is 13.3 Å². The number of nitrogens with zero attached hydrogens (tertiary/aromatic N) is 4. The highest BCUT2D eigenvalue weighted by atomic mass is 16.6. The molecular weight excluding hydrogens is 264 g/mol. The van der Waals surface area contributed by atoms with Gasteiger partial charge in [0.1, 0.15) is 0 Å². The average Bonchev–Trinajstić information content (AvgIpc) is 2.46. The molecule has 20 heavy (non-hydrogen) atoms. The minimum atomic E-state index is -0.912. The maximum atomic E-state index is 11.0. The first-order valence-corrected chi connectivity index (χ1v) is 6.38. The molecule has 1 fully saturated rings. The van der Waals surface area contributed by atoms with E-state index in [1.807, 2.05) is 6.92 Å². The van der Waals surface area contributed by atoms with Crippen LogP contribution in [0.25, 0.3) is 0 Å². The van der Waals surface area contributed by atoms with Crippen molar-refractivity contribution in [3.63, 3.8) is 0 Å². The molecule has 0 radical (unpaired) electrons. The average molecular weight is 280 g/mol. The highest BCUT2D eigenvalue weighted by molar-refractivity contribution is 5.65. The van der Waals surface area contributed by atoms with Crippen molar-refractivity contribution in [3.8, 4) is 0 Å². The molecule has 1 aliphatic rings. The summed E-state index contributed by atoms with van der Waals surface area (Å²) < 4.78 is 0. The molecule has 1 aromatic rings. The Hall–Kier alpha value is -2.38. The fourth-order valence-electron chi connectivity index (χ4n) is 2.37. The van der Waals surface area contributed by atoms with E-state index in [1.54, 1.807) is 6.07 Å². The molecule has 0 aromatic carbocycles. The summed E-state index contributed by atoms with van der Waals surface area (Å²) in [4.78, 5) is 28.3. The summed E-state index contributed by atoms with van der Waals surface area (Å²) in [6, 6.07) is 3.08. The Morgan fingerprint density at radius 2 is 2.30 bits per heavy atom. The van der Waals surface area contributed by atoms with Gasteiger partial charge in [0.2, 0.25) is 0 Å². The van der Waals surface area contributed by atoms with E-state index in [0.717, 1.165) is 12.1 Å². The van der Waals surface area contributed by atoms with Crippen LogP contribution in [0.3, 0.4) is 0 Å². The van der Waals surface area contributed by atoms with E-state index in [0.29, 0.717) is 19.6 Å². The van der Waals surface area contributed by atoms with Crippen molar-refractivity contribution < 1.29 is 14.8 Å². The summed E-state index contributed by atoms with van der Waals surface area (Å²) >= 11 is 0. The number of amides is 1. The van der Waals surface area contributed by atoms with Crippen LogP contribution in [-0.2, 0) is 0 Å². The lowest BCUT2D eigenvalue weighted by Gasteiger charge is -2.40. The number of hydrogen-bond donors (Lipinski definition) is 1. The fraction of sp³-hybridized carbons (Fsp3) is 0.500. The Morgan fingerprint density at radius 1 is 1.55 bits per heavy atom. The van der Waals surface area contributed by atoms with Crippen molar-refractivity contribution in [1.82, 2.24) is 9.88 Å². The maximum Gasteiger partial charge on any atom is 0.407 e. The van der Waals surface area contributed by atoms with Crippen LogP contribution in [0.5, 0.6) is 0 Å². The van der Waals surface area contributed by atoms with E-state index in [1.165, 1.54) is 17.2 Å². The van der Waals surface area contributed by atoms with Crippen LogP contribution < -0.4 is 4.90 Å². The van der Waals surface area contributed by atoms with Crippen molar-refractivity contribution in [2.45, 2.75) is 19.4 Å². The van der Waals surface area contributed by atoms with Gasteiger partial charge in [0.05, 0.1) is 5.69 Å². The molecule has 1 N–H and O–H groups in total. The molecule has 2 heterocycles. The molecule has 1 atom stereocenters. The van der Waals surface area contributed by atoms with Gasteiger partial charge in [0, 0.05) is 31.7 Å². The Labute approximate surface area is 115 Å². The summed E-state index contributed by atoms with van der Waals surface area (Å²) in [7, 11) is 0.